The minimum absolute atomic E-state index is 0.217. The molecule has 0 aromatic heterocycles. The summed E-state index contributed by atoms with van der Waals surface area (Å²) in [6, 6.07) is 6.97. The maximum Gasteiger partial charge on any atom is 0.410 e. The van der Waals surface area contributed by atoms with Gasteiger partial charge < -0.3 is 24.2 Å². The summed E-state index contributed by atoms with van der Waals surface area (Å²) in [5.74, 6) is 0. The summed E-state index contributed by atoms with van der Waals surface area (Å²) in [6.45, 7) is 18.4. The fourth-order valence-corrected chi connectivity index (χ4v) is 4.38. The van der Waals surface area contributed by atoms with E-state index in [1.807, 2.05) is 25.7 Å². The summed E-state index contributed by atoms with van der Waals surface area (Å²) in [6.07, 6.45) is 0.281. The lowest BCUT2D eigenvalue weighted by atomic mass is 10.1. The molecule has 2 aliphatic heterocycles. The maximum absolute atomic E-state index is 12.4. The fraction of sp³-hybridized carbons (Fsp3) is 0.696. The van der Waals surface area contributed by atoms with Gasteiger partial charge >= 0.3 is 6.09 Å². The van der Waals surface area contributed by atoms with Crippen molar-refractivity contribution in [2.75, 3.05) is 42.5 Å². The molecule has 0 aliphatic carbocycles. The molecule has 1 aromatic carbocycles. The number of amides is 1. The van der Waals surface area contributed by atoms with Gasteiger partial charge in [-0.25, -0.2) is 4.79 Å². The highest BCUT2D eigenvalue weighted by Gasteiger charge is 2.30. The monoisotopic (exact) mass is 403 g/mol. The Labute approximate surface area is 175 Å². The molecule has 2 heterocycles. The first-order valence-corrected chi connectivity index (χ1v) is 10.8. The van der Waals surface area contributed by atoms with Crippen molar-refractivity contribution < 1.29 is 14.3 Å². The topological polar surface area (TPSA) is 45.2 Å². The van der Waals surface area contributed by atoms with Gasteiger partial charge in [-0.1, -0.05) is 0 Å². The van der Waals surface area contributed by atoms with Crippen molar-refractivity contribution in [1.82, 2.24) is 4.90 Å². The van der Waals surface area contributed by atoms with Crippen molar-refractivity contribution in [3.05, 3.63) is 23.8 Å². The van der Waals surface area contributed by atoms with Gasteiger partial charge in [-0.05, 0) is 72.2 Å². The standard InChI is InChI=1S/C23H37N3O3/c1-16-12-20(8-9-21(16)25-14-18(3)28-19(4)15-25)26-11-10-24(13-17(26)2)22(27)29-23(5,6)7/h8-9,12,17-19H,10-11,13-15H2,1-7H3/t17-,18-,19+/m1/s1. The SMILES string of the molecule is Cc1cc(N2CCN(C(=O)OC(C)(C)C)C[C@H]2C)ccc1N1C[C@@H](C)O[C@@H](C)C1. The first-order chi connectivity index (χ1) is 13.5. The first kappa shape index (κ1) is 21.8. The van der Waals surface area contributed by atoms with Gasteiger partial charge in [-0.15, -0.1) is 0 Å². The van der Waals surface area contributed by atoms with Gasteiger partial charge in [-0.3, -0.25) is 0 Å². The Morgan fingerprint density at radius 1 is 1.07 bits per heavy atom. The summed E-state index contributed by atoms with van der Waals surface area (Å²) < 4.78 is 11.4. The van der Waals surface area contributed by atoms with Crippen molar-refractivity contribution in [3.8, 4) is 0 Å². The summed E-state index contributed by atoms with van der Waals surface area (Å²) in [7, 11) is 0. The van der Waals surface area contributed by atoms with Crippen molar-refractivity contribution in [1.29, 1.82) is 0 Å². The molecule has 0 radical (unpaired) electrons. The Bertz CT molecular complexity index is 721. The van der Waals surface area contributed by atoms with Crippen molar-refractivity contribution in [2.45, 2.75) is 72.3 Å². The highest BCUT2D eigenvalue weighted by atomic mass is 16.6. The zero-order chi connectivity index (χ0) is 21.3. The van der Waals surface area contributed by atoms with Crippen LogP contribution >= 0.6 is 0 Å². The summed E-state index contributed by atoms with van der Waals surface area (Å²) in [5, 5.41) is 0. The van der Waals surface area contributed by atoms with Crippen molar-refractivity contribution in [2.24, 2.45) is 0 Å². The van der Waals surface area contributed by atoms with E-state index >= 15 is 0 Å². The molecule has 3 rings (SSSR count). The third kappa shape index (κ3) is 5.35. The van der Waals surface area contributed by atoms with E-state index in [-0.39, 0.29) is 24.3 Å². The second-order valence-corrected chi connectivity index (χ2v) is 9.60. The lowest BCUT2D eigenvalue weighted by molar-refractivity contribution is -0.00525. The third-order valence-electron chi connectivity index (χ3n) is 5.55. The number of hydrogen-bond acceptors (Lipinski definition) is 5. The highest BCUT2D eigenvalue weighted by molar-refractivity contribution is 5.69. The molecule has 0 bridgehead atoms. The van der Waals surface area contributed by atoms with Gasteiger partial charge in [0.05, 0.1) is 12.2 Å². The van der Waals surface area contributed by atoms with Crippen LogP contribution in [0.2, 0.25) is 0 Å². The van der Waals surface area contributed by atoms with Gasteiger partial charge in [0.2, 0.25) is 0 Å². The zero-order valence-corrected chi connectivity index (χ0v) is 19.1. The second kappa shape index (κ2) is 8.42. The largest absolute Gasteiger partial charge is 0.444 e. The van der Waals surface area contributed by atoms with E-state index in [4.69, 9.17) is 9.47 Å². The van der Waals surface area contributed by atoms with Gasteiger partial charge in [0.15, 0.2) is 0 Å². The van der Waals surface area contributed by atoms with E-state index in [1.54, 1.807) is 0 Å². The average molecular weight is 404 g/mol. The van der Waals surface area contributed by atoms with E-state index in [1.165, 1.54) is 16.9 Å². The predicted molar refractivity (Wildman–Crippen MR) is 118 cm³/mol. The van der Waals surface area contributed by atoms with Crippen LogP contribution in [0.1, 0.15) is 47.1 Å². The molecular weight excluding hydrogens is 366 g/mol. The zero-order valence-electron chi connectivity index (χ0n) is 19.1. The lowest BCUT2D eigenvalue weighted by Gasteiger charge is -2.42. The quantitative estimate of drug-likeness (QED) is 0.745. The van der Waals surface area contributed by atoms with Crippen LogP contribution in [0, 0.1) is 6.92 Å². The van der Waals surface area contributed by atoms with Crippen LogP contribution in [0.4, 0.5) is 16.2 Å². The van der Waals surface area contributed by atoms with Crippen LogP contribution in [-0.2, 0) is 9.47 Å². The number of benzene rings is 1. The minimum atomic E-state index is -0.459. The number of piperazine rings is 1. The molecule has 162 valence electrons. The summed E-state index contributed by atoms with van der Waals surface area (Å²) in [5.41, 5.74) is 3.33. The Morgan fingerprint density at radius 3 is 2.28 bits per heavy atom. The number of carbonyl (C=O) groups excluding carboxylic acids is 1. The number of aryl methyl sites for hydroxylation is 1. The van der Waals surface area contributed by atoms with Gasteiger partial charge in [-0.2, -0.15) is 0 Å². The van der Waals surface area contributed by atoms with Crippen LogP contribution in [0.25, 0.3) is 0 Å². The molecule has 29 heavy (non-hydrogen) atoms. The predicted octanol–water partition coefficient (Wildman–Crippen LogP) is 4.05. The van der Waals surface area contributed by atoms with Crippen molar-refractivity contribution >= 4 is 17.5 Å². The number of hydrogen-bond donors (Lipinski definition) is 0. The Kier molecular flexibility index (Phi) is 6.32. The molecule has 3 atom stereocenters. The molecule has 6 nitrogen and oxygen atoms in total. The molecular formula is C23H37N3O3. The third-order valence-corrected chi connectivity index (χ3v) is 5.55. The fourth-order valence-electron chi connectivity index (χ4n) is 4.38. The normalized spacial score (nSPS) is 25.9. The number of nitrogens with zero attached hydrogens (tertiary/aromatic N) is 3. The molecule has 1 amide bonds. The lowest BCUT2D eigenvalue weighted by Crippen LogP contribution is -2.54. The van der Waals surface area contributed by atoms with E-state index in [0.29, 0.717) is 13.1 Å². The van der Waals surface area contributed by atoms with Crippen LogP contribution in [0.15, 0.2) is 18.2 Å². The average Bonchev–Trinajstić information content (AvgIpc) is 2.59. The minimum Gasteiger partial charge on any atom is -0.444 e. The van der Waals surface area contributed by atoms with Crippen LogP contribution in [0.5, 0.6) is 0 Å². The number of rotatable bonds is 2. The number of carbonyl (C=O) groups is 1. The molecule has 2 saturated heterocycles. The van der Waals surface area contributed by atoms with Crippen LogP contribution in [-0.4, -0.2) is 67.6 Å². The summed E-state index contributed by atoms with van der Waals surface area (Å²) >= 11 is 0. The molecule has 0 spiro atoms. The van der Waals surface area contributed by atoms with Gasteiger partial charge in [0, 0.05) is 50.1 Å². The first-order valence-electron chi connectivity index (χ1n) is 10.8. The van der Waals surface area contributed by atoms with Crippen LogP contribution < -0.4 is 9.80 Å². The van der Waals surface area contributed by atoms with Gasteiger partial charge in [0.1, 0.15) is 5.60 Å². The van der Waals surface area contributed by atoms with E-state index in [0.717, 1.165) is 19.6 Å². The van der Waals surface area contributed by atoms with E-state index in [2.05, 4.69) is 55.7 Å². The maximum atomic E-state index is 12.4. The van der Waals surface area contributed by atoms with E-state index < -0.39 is 5.60 Å². The molecule has 1 aromatic rings. The van der Waals surface area contributed by atoms with Gasteiger partial charge in [0.25, 0.3) is 0 Å². The Balaban J connectivity index is 1.67. The molecule has 2 aliphatic rings. The van der Waals surface area contributed by atoms with E-state index in [9.17, 15) is 4.79 Å². The van der Waals surface area contributed by atoms with Crippen LogP contribution in [0.3, 0.4) is 0 Å². The smallest absolute Gasteiger partial charge is 0.410 e. The van der Waals surface area contributed by atoms with Crippen molar-refractivity contribution in [3.63, 3.8) is 0 Å². The molecule has 0 N–H and O–H groups in total. The number of ether oxygens (including phenoxy) is 2. The highest BCUT2D eigenvalue weighted by Crippen LogP contribution is 2.30. The number of morpholine rings is 1. The Hall–Kier alpha value is -1.95. The molecule has 0 unspecified atom stereocenters. The summed E-state index contributed by atoms with van der Waals surface area (Å²) in [4.78, 5) is 19.0. The number of anilines is 2. The molecule has 0 saturated carbocycles. The second-order valence-electron chi connectivity index (χ2n) is 9.60. The Morgan fingerprint density at radius 2 is 1.72 bits per heavy atom. The molecule has 2 fully saturated rings. The molecule has 6 heteroatoms.